The number of benzene rings is 2. The predicted molar refractivity (Wildman–Crippen MR) is 94.6 cm³/mol. The van der Waals surface area contributed by atoms with Gasteiger partial charge in [0.25, 0.3) is 5.91 Å². The fourth-order valence-corrected chi connectivity index (χ4v) is 1.99. The molecule has 26 heavy (non-hydrogen) atoms. The van der Waals surface area contributed by atoms with Crippen molar-refractivity contribution in [3.63, 3.8) is 0 Å². The molecule has 0 saturated heterocycles. The fourth-order valence-electron chi connectivity index (χ4n) is 1.99. The molecule has 0 saturated carbocycles. The summed E-state index contributed by atoms with van der Waals surface area (Å²) in [5, 5.41) is 16.0. The highest BCUT2D eigenvalue weighted by atomic mass is 19.1. The van der Waals surface area contributed by atoms with E-state index in [0.29, 0.717) is 5.56 Å². The van der Waals surface area contributed by atoms with Gasteiger partial charge in [0.2, 0.25) is 5.91 Å². The summed E-state index contributed by atoms with van der Waals surface area (Å²) in [6, 6.07) is 10.4. The molecule has 8 heteroatoms. The number of halogens is 1. The maximum Gasteiger partial charge on any atom is 0.252 e. The van der Waals surface area contributed by atoms with Crippen LogP contribution in [0.15, 0.2) is 47.6 Å². The molecule has 0 aliphatic carbocycles. The van der Waals surface area contributed by atoms with E-state index in [4.69, 9.17) is 4.74 Å². The van der Waals surface area contributed by atoms with Crippen LogP contribution >= 0.6 is 0 Å². The van der Waals surface area contributed by atoms with Crippen LogP contribution in [0.25, 0.3) is 0 Å². The molecule has 0 heterocycles. The molecule has 2 amide bonds. The van der Waals surface area contributed by atoms with Gasteiger partial charge in [-0.15, -0.1) is 0 Å². The molecule has 0 aliphatic heterocycles. The molecule has 1 atom stereocenters. The number of hydrogen-bond donors (Lipinski definition) is 3. The number of phenols is 1. The Labute approximate surface area is 149 Å². The minimum atomic E-state index is -1.11. The van der Waals surface area contributed by atoms with Gasteiger partial charge in [0.05, 0.1) is 19.0 Å². The number of carbonyl (C=O) groups excluding carboxylic acids is 2. The van der Waals surface area contributed by atoms with E-state index in [-0.39, 0.29) is 17.2 Å². The molecule has 2 aromatic carbocycles. The number of amides is 2. The van der Waals surface area contributed by atoms with Crippen molar-refractivity contribution in [3.8, 4) is 11.5 Å². The average Bonchev–Trinajstić information content (AvgIpc) is 2.64. The number of ether oxygens (including phenoxy) is 1. The Hall–Kier alpha value is -3.42. The number of hydrazone groups is 1. The number of methoxy groups -OCH3 is 1. The number of nitrogens with zero attached hydrogens (tertiary/aromatic N) is 1. The normalized spacial score (nSPS) is 11.8. The Morgan fingerprint density at radius 1 is 1.19 bits per heavy atom. The van der Waals surface area contributed by atoms with Crippen LogP contribution in [-0.4, -0.2) is 30.2 Å². The van der Waals surface area contributed by atoms with Crippen LogP contribution in [-0.2, 0) is 9.59 Å². The monoisotopic (exact) mass is 359 g/mol. The van der Waals surface area contributed by atoms with Crippen LogP contribution in [0, 0.1) is 11.7 Å². The second-order valence-corrected chi connectivity index (χ2v) is 5.32. The van der Waals surface area contributed by atoms with E-state index >= 15 is 0 Å². The van der Waals surface area contributed by atoms with Gasteiger partial charge in [-0.25, -0.2) is 9.82 Å². The Bertz CT molecular complexity index is 839. The lowest BCUT2D eigenvalue weighted by Gasteiger charge is -2.11. The third-order valence-corrected chi connectivity index (χ3v) is 3.55. The summed E-state index contributed by atoms with van der Waals surface area (Å²) in [6.07, 6.45) is 1.22. The standard InChI is InChI=1S/C18H18FN3O4/c1-11(17(24)21-14-8-4-3-7-13(14)19)18(25)22-20-10-12-6-5-9-15(26-2)16(12)23/h3-11,23H,1-2H3,(H,21,24)(H,22,25). The highest BCUT2D eigenvalue weighted by molar-refractivity contribution is 6.06. The van der Waals surface area contributed by atoms with E-state index < -0.39 is 23.5 Å². The highest BCUT2D eigenvalue weighted by Gasteiger charge is 2.22. The maximum absolute atomic E-state index is 13.5. The molecular weight excluding hydrogens is 341 g/mol. The van der Waals surface area contributed by atoms with Crippen molar-refractivity contribution < 1.29 is 23.8 Å². The van der Waals surface area contributed by atoms with Gasteiger partial charge < -0.3 is 15.2 Å². The number of rotatable bonds is 6. The molecule has 0 radical (unpaired) electrons. The van der Waals surface area contributed by atoms with Crippen LogP contribution in [0.4, 0.5) is 10.1 Å². The lowest BCUT2D eigenvalue weighted by molar-refractivity contribution is -0.131. The minimum absolute atomic E-state index is 0.0121. The van der Waals surface area contributed by atoms with Crippen LogP contribution in [0.1, 0.15) is 12.5 Å². The first kappa shape index (κ1) is 18.9. The summed E-state index contributed by atoms with van der Waals surface area (Å²) in [7, 11) is 1.41. The lowest BCUT2D eigenvalue weighted by atomic mass is 10.1. The van der Waals surface area contributed by atoms with E-state index in [2.05, 4.69) is 15.8 Å². The van der Waals surface area contributed by atoms with Crippen LogP contribution in [0.5, 0.6) is 11.5 Å². The van der Waals surface area contributed by atoms with Crippen molar-refractivity contribution in [1.82, 2.24) is 5.43 Å². The van der Waals surface area contributed by atoms with E-state index in [1.54, 1.807) is 24.3 Å². The zero-order chi connectivity index (χ0) is 19.1. The molecule has 0 aromatic heterocycles. The van der Waals surface area contributed by atoms with Crippen molar-refractivity contribution >= 4 is 23.7 Å². The minimum Gasteiger partial charge on any atom is -0.504 e. The van der Waals surface area contributed by atoms with Gasteiger partial charge in [-0.2, -0.15) is 5.10 Å². The molecule has 7 nitrogen and oxygen atoms in total. The molecular formula is C18H18FN3O4. The first-order valence-electron chi connectivity index (χ1n) is 7.68. The van der Waals surface area contributed by atoms with Gasteiger partial charge in [-0.05, 0) is 31.2 Å². The average molecular weight is 359 g/mol. The zero-order valence-electron chi connectivity index (χ0n) is 14.2. The van der Waals surface area contributed by atoms with E-state index in [1.165, 1.54) is 38.4 Å². The molecule has 0 fully saturated rings. The number of nitrogens with one attached hydrogen (secondary N) is 2. The van der Waals surface area contributed by atoms with E-state index in [1.807, 2.05) is 0 Å². The summed E-state index contributed by atoms with van der Waals surface area (Å²) >= 11 is 0. The SMILES string of the molecule is COc1cccc(C=NNC(=O)C(C)C(=O)Nc2ccccc2F)c1O. The number of carbonyl (C=O) groups is 2. The van der Waals surface area contributed by atoms with Gasteiger partial charge in [-0.3, -0.25) is 9.59 Å². The van der Waals surface area contributed by atoms with Crippen molar-refractivity contribution in [1.29, 1.82) is 0 Å². The summed E-state index contributed by atoms with van der Waals surface area (Å²) in [6.45, 7) is 1.37. The quantitative estimate of drug-likeness (QED) is 0.418. The van der Waals surface area contributed by atoms with Crippen LogP contribution in [0.2, 0.25) is 0 Å². The fraction of sp³-hybridized carbons (Fsp3) is 0.167. The number of hydrogen-bond acceptors (Lipinski definition) is 5. The third kappa shape index (κ3) is 4.56. The number of phenolic OH excluding ortho intramolecular Hbond substituents is 1. The molecule has 2 rings (SSSR count). The van der Waals surface area contributed by atoms with Crippen LogP contribution < -0.4 is 15.5 Å². The Morgan fingerprint density at radius 3 is 2.62 bits per heavy atom. The molecule has 0 spiro atoms. The second kappa shape index (κ2) is 8.61. The lowest BCUT2D eigenvalue weighted by Crippen LogP contribution is -2.34. The molecule has 1 unspecified atom stereocenters. The summed E-state index contributed by atoms with van der Waals surface area (Å²) in [5.74, 6) is -2.92. The first-order valence-corrected chi connectivity index (χ1v) is 7.68. The highest BCUT2D eigenvalue weighted by Crippen LogP contribution is 2.27. The van der Waals surface area contributed by atoms with Crippen molar-refractivity contribution in [2.75, 3.05) is 12.4 Å². The number of aromatic hydroxyl groups is 1. The predicted octanol–water partition coefficient (Wildman–Crippen LogP) is 2.26. The van der Waals surface area contributed by atoms with Crippen molar-refractivity contribution in [3.05, 3.63) is 53.8 Å². The van der Waals surface area contributed by atoms with Gasteiger partial charge in [0.15, 0.2) is 11.5 Å². The van der Waals surface area contributed by atoms with E-state index in [9.17, 15) is 19.1 Å². The third-order valence-electron chi connectivity index (χ3n) is 3.55. The Morgan fingerprint density at radius 2 is 1.92 bits per heavy atom. The molecule has 0 aliphatic rings. The zero-order valence-corrected chi connectivity index (χ0v) is 14.2. The summed E-state index contributed by atoms with van der Waals surface area (Å²) in [5.41, 5.74) is 2.52. The Balaban J connectivity index is 1.97. The van der Waals surface area contributed by atoms with Gasteiger partial charge in [0, 0.05) is 5.56 Å². The Kier molecular flexibility index (Phi) is 6.26. The van der Waals surface area contributed by atoms with Gasteiger partial charge in [0.1, 0.15) is 11.7 Å². The van der Waals surface area contributed by atoms with Gasteiger partial charge in [-0.1, -0.05) is 18.2 Å². The number of para-hydroxylation sites is 2. The molecule has 3 N–H and O–H groups in total. The smallest absolute Gasteiger partial charge is 0.252 e. The molecule has 2 aromatic rings. The topological polar surface area (TPSA) is 100 Å². The molecule has 0 bridgehead atoms. The van der Waals surface area contributed by atoms with Crippen LogP contribution in [0.3, 0.4) is 0 Å². The van der Waals surface area contributed by atoms with Crippen molar-refractivity contribution in [2.24, 2.45) is 11.0 Å². The van der Waals surface area contributed by atoms with Gasteiger partial charge >= 0.3 is 0 Å². The second-order valence-electron chi connectivity index (χ2n) is 5.32. The summed E-state index contributed by atoms with van der Waals surface area (Å²) in [4.78, 5) is 24.0. The van der Waals surface area contributed by atoms with E-state index in [0.717, 1.165) is 0 Å². The summed E-state index contributed by atoms with van der Waals surface area (Å²) < 4.78 is 18.5. The number of anilines is 1. The van der Waals surface area contributed by atoms with Crippen molar-refractivity contribution in [2.45, 2.75) is 6.92 Å². The molecule has 136 valence electrons. The largest absolute Gasteiger partial charge is 0.504 e. The maximum atomic E-state index is 13.5. The first-order chi connectivity index (χ1) is 12.4.